The summed E-state index contributed by atoms with van der Waals surface area (Å²) >= 11 is 0. The summed E-state index contributed by atoms with van der Waals surface area (Å²) in [6.45, 7) is 0. The van der Waals surface area contributed by atoms with Gasteiger partial charge >= 0.3 is 0 Å². The second kappa shape index (κ2) is 10.4. The van der Waals surface area contributed by atoms with Crippen molar-refractivity contribution in [1.29, 1.82) is 5.26 Å². The van der Waals surface area contributed by atoms with Crippen LogP contribution in [0.1, 0.15) is 5.56 Å². The van der Waals surface area contributed by atoms with Gasteiger partial charge in [0.05, 0.1) is 11.6 Å². The van der Waals surface area contributed by atoms with Gasteiger partial charge in [-0.25, -0.2) is 0 Å². The Labute approximate surface area is 223 Å². The highest BCUT2D eigenvalue weighted by Gasteiger charge is 2.10. The van der Waals surface area contributed by atoms with E-state index in [1.54, 1.807) is 0 Å². The molecule has 0 saturated heterocycles. The van der Waals surface area contributed by atoms with Gasteiger partial charge in [-0.3, -0.25) is 0 Å². The van der Waals surface area contributed by atoms with Crippen LogP contribution in [-0.4, -0.2) is 0 Å². The SMILES string of the molecule is N#Cc1ccc(-c2ccc(-c3cccc(-c4ccccc4)c3)cc2)cc1-c1cccc(-c2ccccc2)c1. The number of nitriles is 1. The van der Waals surface area contributed by atoms with Crippen molar-refractivity contribution in [1.82, 2.24) is 0 Å². The molecule has 0 radical (unpaired) electrons. The van der Waals surface area contributed by atoms with Crippen LogP contribution in [0, 0.1) is 11.3 Å². The summed E-state index contributed by atoms with van der Waals surface area (Å²) in [7, 11) is 0. The number of hydrogen-bond acceptors (Lipinski definition) is 1. The Kier molecular flexibility index (Phi) is 6.37. The normalized spacial score (nSPS) is 10.6. The number of benzene rings is 6. The van der Waals surface area contributed by atoms with E-state index in [0.29, 0.717) is 5.56 Å². The third kappa shape index (κ3) is 4.76. The van der Waals surface area contributed by atoms with Crippen LogP contribution in [-0.2, 0) is 0 Å². The quantitative estimate of drug-likeness (QED) is 0.239. The second-order valence-corrected chi connectivity index (χ2v) is 9.34. The van der Waals surface area contributed by atoms with Crippen LogP contribution >= 0.6 is 0 Å². The molecule has 0 saturated carbocycles. The molecule has 6 aromatic carbocycles. The Bertz CT molecular complexity index is 1740. The molecule has 0 aliphatic heterocycles. The standard InChI is InChI=1S/C37H25N/c38-26-36-22-21-34(25-37(36)35-16-8-15-33(24-35)28-11-5-2-6-12-28)30-19-17-29(18-20-30)32-14-7-13-31(23-32)27-9-3-1-4-10-27/h1-25H. The lowest BCUT2D eigenvalue weighted by molar-refractivity contribution is 1.47. The fraction of sp³-hybridized carbons (Fsp3) is 0. The van der Waals surface area contributed by atoms with Crippen molar-refractivity contribution in [2.45, 2.75) is 0 Å². The van der Waals surface area contributed by atoms with Crippen molar-refractivity contribution in [3.8, 4) is 61.7 Å². The molecule has 0 spiro atoms. The molecule has 6 aromatic rings. The summed E-state index contributed by atoms with van der Waals surface area (Å²) in [6, 6.07) is 55.0. The second-order valence-electron chi connectivity index (χ2n) is 9.34. The molecule has 0 heterocycles. The van der Waals surface area contributed by atoms with Crippen LogP contribution in [0.25, 0.3) is 55.6 Å². The third-order valence-electron chi connectivity index (χ3n) is 6.94. The molecule has 0 atom stereocenters. The number of hydrogen-bond donors (Lipinski definition) is 0. The Morgan fingerprint density at radius 3 is 1.18 bits per heavy atom. The Hall–Kier alpha value is -5.19. The highest BCUT2D eigenvalue weighted by molar-refractivity contribution is 5.81. The molecule has 0 amide bonds. The summed E-state index contributed by atoms with van der Waals surface area (Å²) < 4.78 is 0. The Morgan fingerprint density at radius 1 is 0.316 bits per heavy atom. The lowest BCUT2D eigenvalue weighted by Crippen LogP contribution is -1.88. The van der Waals surface area contributed by atoms with E-state index in [0.717, 1.165) is 33.4 Å². The monoisotopic (exact) mass is 483 g/mol. The zero-order chi connectivity index (χ0) is 25.7. The zero-order valence-corrected chi connectivity index (χ0v) is 20.9. The first kappa shape index (κ1) is 23.2. The maximum absolute atomic E-state index is 9.84. The molecule has 0 aromatic heterocycles. The van der Waals surface area contributed by atoms with Gasteiger partial charge in [0.25, 0.3) is 0 Å². The van der Waals surface area contributed by atoms with Crippen molar-refractivity contribution >= 4 is 0 Å². The fourth-order valence-corrected chi connectivity index (χ4v) is 4.92. The van der Waals surface area contributed by atoms with Crippen molar-refractivity contribution in [3.63, 3.8) is 0 Å². The van der Waals surface area contributed by atoms with Crippen LogP contribution in [0.3, 0.4) is 0 Å². The fourth-order valence-electron chi connectivity index (χ4n) is 4.92. The summed E-state index contributed by atoms with van der Waals surface area (Å²) in [5.74, 6) is 0. The van der Waals surface area contributed by atoms with Crippen LogP contribution in [0.5, 0.6) is 0 Å². The third-order valence-corrected chi connectivity index (χ3v) is 6.94. The van der Waals surface area contributed by atoms with E-state index in [9.17, 15) is 5.26 Å². The topological polar surface area (TPSA) is 23.8 Å². The Morgan fingerprint density at radius 2 is 0.684 bits per heavy atom. The van der Waals surface area contributed by atoms with Crippen LogP contribution in [0.2, 0.25) is 0 Å². The predicted molar refractivity (Wildman–Crippen MR) is 158 cm³/mol. The largest absolute Gasteiger partial charge is 0.192 e. The molecular formula is C37H25N. The van der Waals surface area contributed by atoms with E-state index in [2.05, 4.69) is 121 Å². The molecule has 1 heteroatoms. The summed E-state index contributed by atoms with van der Waals surface area (Å²) in [5, 5.41) is 9.84. The van der Waals surface area contributed by atoms with Gasteiger partial charge in [-0.1, -0.05) is 127 Å². The molecule has 0 N–H and O–H groups in total. The summed E-state index contributed by atoms with van der Waals surface area (Å²) in [6.07, 6.45) is 0. The summed E-state index contributed by atoms with van der Waals surface area (Å²) in [5.41, 5.74) is 12.0. The minimum atomic E-state index is 0.674. The molecular weight excluding hydrogens is 458 g/mol. The van der Waals surface area contributed by atoms with E-state index >= 15 is 0 Å². The van der Waals surface area contributed by atoms with Crippen molar-refractivity contribution in [3.05, 3.63) is 157 Å². The van der Waals surface area contributed by atoms with E-state index in [1.807, 2.05) is 36.4 Å². The minimum Gasteiger partial charge on any atom is -0.192 e. The maximum atomic E-state index is 9.84. The lowest BCUT2D eigenvalue weighted by Gasteiger charge is -2.11. The molecule has 0 fully saturated rings. The van der Waals surface area contributed by atoms with E-state index in [-0.39, 0.29) is 0 Å². The summed E-state index contributed by atoms with van der Waals surface area (Å²) in [4.78, 5) is 0. The van der Waals surface area contributed by atoms with Crippen molar-refractivity contribution in [2.75, 3.05) is 0 Å². The van der Waals surface area contributed by atoms with Gasteiger partial charge in [0.2, 0.25) is 0 Å². The first-order valence-electron chi connectivity index (χ1n) is 12.7. The minimum absolute atomic E-state index is 0.674. The van der Waals surface area contributed by atoms with E-state index < -0.39 is 0 Å². The first-order chi connectivity index (χ1) is 18.8. The molecule has 0 aliphatic carbocycles. The number of rotatable bonds is 5. The van der Waals surface area contributed by atoms with Crippen molar-refractivity contribution in [2.24, 2.45) is 0 Å². The van der Waals surface area contributed by atoms with Gasteiger partial charge in [0.15, 0.2) is 0 Å². The highest BCUT2D eigenvalue weighted by Crippen LogP contribution is 2.33. The number of nitrogens with zero attached hydrogens (tertiary/aromatic N) is 1. The van der Waals surface area contributed by atoms with Gasteiger partial charge in [0, 0.05) is 5.56 Å². The molecule has 6 rings (SSSR count). The van der Waals surface area contributed by atoms with Gasteiger partial charge in [-0.2, -0.15) is 5.26 Å². The van der Waals surface area contributed by atoms with Gasteiger partial charge in [0.1, 0.15) is 0 Å². The van der Waals surface area contributed by atoms with Gasteiger partial charge < -0.3 is 0 Å². The molecule has 0 unspecified atom stereocenters. The highest BCUT2D eigenvalue weighted by atomic mass is 14.2. The molecule has 1 nitrogen and oxygen atoms in total. The van der Waals surface area contributed by atoms with Crippen LogP contribution < -0.4 is 0 Å². The van der Waals surface area contributed by atoms with Gasteiger partial charge in [-0.15, -0.1) is 0 Å². The van der Waals surface area contributed by atoms with Gasteiger partial charge in [-0.05, 0) is 74.3 Å². The smallest absolute Gasteiger partial charge is 0.0998 e. The van der Waals surface area contributed by atoms with E-state index in [4.69, 9.17) is 0 Å². The molecule has 38 heavy (non-hydrogen) atoms. The average Bonchev–Trinajstić information content (AvgIpc) is 3.02. The predicted octanol–water partition coefficient (Wildman–Crippen LogP) is 9.89. The Balaban J connectivity index is 1.33. The molecule has 178 valence electrons. The van der Waals surface area contributed by atoms with Crippen molar-refractivity contribution < 1.29 is 0 Å². The first-order valence-corrected chi connectivity index (χ1v) is 12.7. The molecule has 0 bridgehead atoms. The van der Waals surface area contributed by atoms with Crippen LogP contribution in [0.4, 0.5) is 0 Å². The lowest BCUT2D eigenvalue weighted by atomic mass is 9.92. The van der Waals surface area contributed by atoms with Crippen LogP contribution in [0.15, 0.2) is 152 Å². The average molecular weight is 484 g/mol. The maximum Gasteiger partial charge on any atom is 0.0998 e. The van der Waals surface area contributed by atoms with E-state index in [1.165, 1.54) is 22.3 Å². The molecule has 0 aliphatic rings. The zero-order valence-electron chi connectivity index (χ0n) is 20.9.